The normalized spacial score (nSPS) is 31.3. The maximum Gasteiger partial charge on any atom is 0.248 e. The van der Waals surface area contributed by atoms with Crippen LogP contribution in [0.25, 0.3) is 0 Å². The summed E-state index contributed by atoms with van der Waals surface area (Å²) in [6.45, 7) is 16.9. The van der Waals surface area contributed by atoms with Gasteiger partial charge in [-0.25, -0.2) is 0 Å². The molecule has 1 spiro atoms. The van der Waals surface area contributed by atoms with Gasteiger partial charge in [0, 0.05) is 32.2 Å². The highest BCUT2D eigenvalue weighted by molar-refractivity contribution is 5.99. The molecular formula is C28H45N3O5. The van der Waals surface area contributed by atoms with Crippen LogP contribution in [0.1, 0.15) is 66.2 Å². The molecule has 3 unspecified atom stereocenters. The number of fused-ring (bicyclic) bond motifs is 1. The largest absolute Gasteiger partial charge is 0.395 e. The Morgan fingerprint density at radius 3 is 2.42 bits per heavy atom. The van der Waals surface area contributed by atoms with Crippen molar-refractivity contribution in [1.29, 1.82) is 0 Å². The summed E-state index contributed by atoms with van der Waals surface area (Å²) in [4.78, 5) is 47.3. The van der Waals surface area contributed by atoms with E-state index in [1.807, 2.05) is 20.8 Å². The second-order valence-electron chi connectivity index (χ2n) is 10.6. The second kappa shape index (κ2) is 11.5. The monoisotopic (exact) mass is 503 g/mol. The fraction of sp³-hybridized carbons (Fsp3) is 0.750. The highest BCUT2D eigenvalue weighted by Crippen LogP contribution is 2.64. The first-order chi connectivity index (χ1) is 17.2. The van der Waals surface area contributed by atoms with Gasteiger partial charge in [0.05, 0.1) is 24.0 Å². The van der Waals surface area contributed by atoms with Crippen LogP contribution >= 0.6 is 0 Å². The standard InChI is InChI=1S/C28H45N3O5/c1-7-12-20(6)30(17-10-4)26(35)23-28-14-13-27(11-5,36-28)21(22(28)25(34)31(23)18-19-32)24(33)29(15-8-2)16-9-3/h8,10,20-23,32H,2,4,7,9,11-19H2,1,3,5-6H3/t20?,21-,22-,23?,27+,28?/m0/s1. The van der Waals surface area contributed by atoms with Crippen molar-refractivity contribution in [3.05, 3.63) is 25.3 Å². The molecule has 3 fully saturated rings. The molecule has 202 valence electrons. The van der Waals surface area contributed by atoms with Crippen molar-refractivity contribution in [3.63, 3.8) is 0 Å². The number of likely N-dealkylation sites (tertiary alicyclic amines) is 1. The number of nitrogens with zero attached hydrogens (tertiary/aromatic N) is 3. The van der Waals surface area contributed by atoms with Crippen LogP contribution < -0.4 is 0 Å². The van der Waals surface area contributed by atoms with Gasteiger partial charge in [0.1, 0.15) is 11.6 Å². The molecule has 36 heavy (non-hydrogen) atoms. The highest BCUT2D eigenvalue weighted by atomic mass is 16.5. The van der Waals surface area contributed by atoms with Crippen molar-refractivity contribution in [2.75, 3.05) is 32.8 Å². The molecule has 8 nitrogen and oxygen atoms in total. The van der Waals surface area contributed by atoms with Gasteiger partial charge in [0.2, 0.25) is 17.7 Å². The third kappa shape index (κ3) is 4.40. The van der Waals surface area contributed by atoms with Gasteiger partial charge in [-0.1, -0.05) is 39.3 Å². The molecule has 0 radical (unpaired) electrons. The van der Waals surface area contributed by atoms with Crippen molar-refractivity contribution < 1.29 is 24.2 Å². The highest BCUT2D eigenvalue weighted by Gasteiger charge is 2.79. The summed E-state index contributed by atoms with van der Waals surface area (Å²) >= 11 is 0. The third-order valence-electron chi connectivity index (χ3n) is 8.52. The van der Waals surface area contributed by atoms with Crippen molar-refractivity contribution >= 4 is 17.7 Å². The number of amides is 3. The van der Waals surface area contributed by atoms with E-state index in [4.69, 9.17) is 4.74 Å². The Labute approximate surface area is 216 Å². The SMILES string of the molecule is C=CCN(CCC)C(=O)[C@@H]1[C@H]2C(=O)N(CCO)C(C(=O)N(CC=C)C(C)CCC)C23CC[C@@]1(CC)O3. The molecule has 3 amide bonds. The minimum atomic E-state index is -1.07. The van der Waals surface area contributed by atoms with Gasteiger partial charge in [-0.15, -0.1) is 13.2 Å². The quantitative estimate of drug-likeness (QED) is 0.368. The van der Waals surface area contributed by atoms with Crippen molar-refractivity contribution in [3.8, 4) is 0 Å². The molecule has 2 bridgehead atoms. The fourth-order valence-corrected chi connectivity index (χ4v) is 6.99. The molecule has 3 saturated heterocycles. The lowest BCUT2D eigenvalue weighted by atomic mass is 9.64. The minimum absolute atomic E-state index is 0.0340. The number of rotatable bonds is 14. The van der Waals surface area contributed by atoms with Crippen molar-refractivity contribution in [2.45, 2.75) is 89.5 Å². The maximum atomic E-state index is 14.2. The molecule has 0 aromatic carbocycles. The second-order valence-corrected chi connectivity index (χ2v) is 10.6. The van der Waals surface area contributed by atoms with E-state index in [9.17, 15) is 19.5 Å². The molecule has 6 atom stereocenters. The number of aliphatic hydroxyl groups excluding tert-OH is 1. The van der Waals surface area contributed by atoms with Crippen molar-refractivity contribution in [2.24, 2.45) is 11.8 Å². The molecule has 1 N–H and O–H groups in total. The van der Waals surface area contributed by atoms with Crippen LogP contribution in [-0.2, 0) is 19.1 Å². The van der Waals surface area contributed by atoms with Gasteiger partial charge in [0.15, 0.2) is 0 Å². The van der Waals surface area contributed by atoms with Crippen LogP contribution in [0, 0.1) is 11.8 Å². The summed E-state index contributed by atoms with van der Waals surface area (Å²) in [7, 11) is 0. The third-order valence-corrected chi connectivity index (χ3v) is 8.52. The van der Waals surface area contributed by atoms with Gasteiger partial charge >= 0.3 is 0 Å². The van der Waals surface area contributed by atoms with Crippen LogP contribution in [0.4, 0.5) is 0 Å². The smallest absolute Gasteiger partial charge is 0.248 e. The van der Waals surface area contributed by atoms with Crippen molar-refractivity contribution in [1.82, 2.24) is 14.7 Å². The molecular weight excluding hydrogens is 458 g/mol. The summed E-state index contributed by atoms with van der Waals surface area (Å²) in [5.41, 5.74) is -1.84. The fourth-order valence-electron chi connectivity index (χ4n) is 6.99. The van der Waals surface area contributed by atoms with E-state index in [1.165, 1.54) is 4.90 Å². The Hall–Kier alpha value is -2.19. The number of hydrogen-bond acceptors (Lipinski definition) is 5. The van der Waals surface area contributed by atoms with E-state index >= 15 is 0 Å². The summed E-state index contributed by atoms with van der Waals surface area (Å²) < 4.78 is 6.82. The topological polar surface area (TPSA) is 90.4 Å². The average molecular weight is 504 g/mol. The lowest BCUT2D eigenvalue weighted by molar-refractivity contribution is -0.156. The number of hydrogen-bond donors (Lipinski definition) is 1. The van der Waals surface area contributed by atoms with Crippen LogP contribution in [0.2, 0.25) is 0 Å². The average Bonchev–Trinajstić information content (AvgIpc) is 3.46. The molecule has 3 aliphatic rings. The van der Waals surface area contributed by atoms with E-state index in [0.717, 1.165) is 19.3 Å². The predicted molar refractivity (Wildman–Crippen MR) is 139 cm³/mol. The Bertz CT molecular complexity index is 862. The van der Waals surface area contributed by atoms with Gasteiger partial charge in [-0.2, -0.15) is 0 Å². The zero-order valence-electron chi connectivity index (χ0n) is 22.6. The summed E-state index contributed by atoms with van der Waals surface area (Å²) in [5, 5.41) is 9.85. The van der Waals surface area contributed by atoms with Gasteiger partial charge in [-0.05, 0) is 39.0 Å². The number of aliphatic hydroxyl groups is 1. The zero-order valence-corrected chi connectivity index (χ0v) is 22.6. The first-order valence-electron chi connectivity index (χ1n) is 13.7. The Morgan fingerprint density at radius 1 is 1.17 bits per heavy atom. The molecule has 3 rings (SSSR count). The number of β-amino-alcohol motifs (C(OH)–C–C–N with tert-alkyl or cyclic N) is 1. The van der Waals surface area contributed by atoms with E-state index in [1.54, 1.807) is 22.0 Å². The molecule has 0 aliphatic carbocycles. The first kappa shape index (κ1) is 28.4. The van der Waals surface area contributed by atoms with Gasteiger partial charge in [-0.3, -0.25) is 14.4 Å². The summed E-state index contributed by atoms with van der Waals surface area (Å²) in [6.07, 6.45) is 7.70. The van der Waals surface area contributed by atoms with Crippen LogP contribution in [-0.4, -0.2) is 93.6 Å². The molecule has 3 heterocycles. The molecule has 0 aromatic rings. The van der Waals surface area contributed by atoms with Gasteiger partial charge < -0.3 is 24.5 Å². The number of carbonyl (C=O) groups excluding carboxylic acids is 3. The Morgan fingerprint density at radius 2 is 1.86 bits per heavy atom. The summed E-state index contributed by atoms with van der Waals surface area (Å²) in [6, 6.07) is -0.905. The molecule has 0 saturated carbocycles. The lowest BCUT2D eigenvalue weighted by Gasteiger charge is -2.38. The lowest BCUT2D eigenvalue weighted by Crippen LogP contribution is -2.58. The maximum absolute atomic E-state index is 14.2. The zero-order chi connectivity index (χ0) is 26.7. The molecule has 3 aliphatic heterocycles. The predicted octanol–water partition coefficient (Wildman–Crippen LogP) is 2.76. The van der Waals surface area contributed by atoms with Crippen LogP contribution in [0.15, 0.2) is 25.3 Å². The molecule has 8 heteroatoms. The number of carbonyl (C=O) groups is 3. The first-order valence-corrected chi connectivity index (χ1v) is 13.7. The number of ether oxygens (including phenoxy) is 1. The van der Waals surface area contributed by atoms with E-state index in [-0.39, 0.29) is 36.9 Å². The van der Waals surface area contributed by atoms with E-state index in [2.05, 4.69) is 20.1 Å². The Kier molecular flexibility index (Phi) is 9.04. The Balaban J connectivity index is 2.10. The summed E-state index contributed by atoms with van der Waals surface area (Å²) in [5.74, 6) is -1.94. The van der Waals surface area contributed by atoms with Gasteiger partial charge in [0.25, 0.3) is 0 Å². The van der Waals surface area contributed by atoms with Crippen LogP contribution in [0.3, 0.4) is 0 Å². The van der Waals surface area contributed by atoms with Crippen LogP contribution in [0.5, 0.6) is 0 Å². The minimum Gasteiger partial charge on any atom is -0.395 e. The van der Waals surface area contributed by atoms with E-state index in [0.29, 0.717) is 38.9 Å². The van der Waals surface area contributed by atoms with E-state index < -0.39 is 29.1 Å². The molecule has 0 aromatic heterocycles.